The maximum Gasteiger partial charge on any atom is 0.120 e. The van der Waals surface area contributed by atoms with Crippen LogP contribution in [0.5, 0.6) is 5.75 Å². The molecule has 5 rings (SSSR count). The molecule has 3 aromatic rings. The van der Waals surface area contributed by atoms with E-state index in [2.05, 4.69) is 57.2 Å². The number of carboxylic acids is 1. The molecule has 1 fully saturated rings. The lowest BCUT2D eigenvalue weighted by atomic mass is 9.86. The number of benzene rings is 3. The minimum Gasteiger partial charge on any atom is -0.550 e. The molecule has 0 aliphatic heterocycles. The monoisotopic (exact) mass is 513 g/mol. The summed E-state index contributed by atoms with van der Waals surface area (Å²) >= 11 is 0. The van der Waals surface area contributed by atoms with Gasteiger partial charge in [-0.1, -0.05) is 36.4 Å². The van der Waals surface area contributed by atoms with E-state index in [1.807, 2.05) is 12.1 Å². The van der Waals surface area contributed by atoms with Gasteiger partial charge in [-0.25, -0.2) is 0 Å². The summed E-state index contributed by atoms with van der Waals surface area (Å²) in [5.41, 5.74) is 11.2. The molecule has 2 aliphatic carbocycles. The SMILES string of the molecule is Cc1cc(OC[C@@H](O)CO)cc(C)c1-c1cccc(CCc2ccc3c(c2)CC2(CC2)C3CC(=O)[O-])c1C. The summed E-state index contributed by atoms with van der Waals surface area (Å²) in [4.78, 5) is 11.4. The van der Waals surface area contributed by atoms with Crippen LogP contribution >= 0.6 is 0 Å². The zero-order valence-corrected chi connectivity index (χ0v) is 22.5. The molecule has 1 saturated carbocycles. The summed E-state index contributed by atoms with van der Waals surface area (Å²) < 4.78 is 5.68. The van der Waals surface area contributed by atoms with Gasteiger partial charge in [0.2, 0.25) is 0 Å². The molecule has 1 spiro atoms. The second-order valence-electron chi connectivity index (χ2n) is 11.4. The number of fused-ring (bicyclic) bond motifs is 1. The van der Waals surface area contributed by atoms with Crippen LogP contribution in [-0.4, -0.2) is 35.5 Å². The third-order valence-corrected chi connectivity index (χ3v) is 8.69. The first-order valence-corrected chi connectivity index (χ1v) is 13.6. The van der Waals surface area contributed by atoms with Crippen molar-refractivity contribution in [1.82, 2.24) is 0 Å². The van der Waals surface area contributed by atoms with Crippen molar-refractivity contribution < 1.29 is 24.9 Å². The lowest BCUT2D eigenvalue weighted by molar-refractivity contribution is -0.306. The average Bonchev–Trinajstić information content (AvgIpc) is 3.59. The number of carbonyl (C=O) groups is 1. The van der Waals surface area contributed by atoms with Gasteiger partial charge in [0, 0.05) is 5.97 Å². The first-order valence-electron chi connectivity index (χ1n) is 13.6. The molecule has 3 aromatic carbocycles. The Balaban J connectivity index is 1.33. The van der Waals surface area contributed by atoms with Crippen molar-refractivity contribution in [3.8, 4) is 16.9 Å². The van der Waals surface area contributed by atoms with Crippen LogP contribution in [-0.2, 0) is 24.1 Å². The van der Waals surface area contributed by atoms with E-state index in [1.54, 1.807) is 0 Å². The number of rotatable bonds is 10. The Bertz CT molecular complexity index is 1330. The number of hydrogen-bond donors (Lipinski definition) is 2. The molecule has 0 amide bonds. The van der Waals surface area contributed by atoms with E-state index in [0.29, 0.717) is 5.75 Å². The fourth-order valence-electron chi connectivity index (χ4n) is 6.50. The van der Waals surface area contributed by atoms with Crippen LogP contribution in [0.15, 0.2) is 48.5 Å². The van der Waals surface area contributed by atoms with E-state index in [0.717, 1.165) is 43.2 Å². The minimum absolute atomic E-state index is 0.0599. The van der Waals surface area contributed by atoms with Gasteiger partial charge in [0.05, 0.1) is 6.61 Å². The highest BCUT2D eigenvalue weighted by Gasteiger charge is 2.53. The van der Waals surface area contributed by atoms with Gasteiger partial charge in [-0.05, 0) is 133 Å². The van der Waals surface area contributed by atoms with Gasteiger partial charge in [0.25, 0.3) is 0 Å². The van der Waals surface area contributed by atoms with Crippen LogP contribution in [0.4, 0.5) is 0 Å². The Morgan fingerprint density at radius 1 is 1.08 bits per heavy atom. The first kappa shape index (κ1) is 26.5. The summed E-state index contributed by atoms with van der Waals surface area (Å²) in [6.45, 7) is 6.08. The lowest BCUT2D eigenvalue weighted by Gasteiger charge is -2.20. The number of aliphatic hydroxyl groups is 2. The molecule has 0 radical (unpaired) electrons. The van der Waals surface area contributed by atoms with E-state index in [4.69, 9.17) is 9.84 Å². The molecule has 0 saturated heterocycles. The second kappa shape index (κ2) is 10.5. The number of hydrogen-bond acceptors (Lipinski definition) is 5. The molecule has 38 heavy (non-hydrogen) atoms. The molecule has 2 aliphatic rings. The van der Waals surface area contributed by atoms with Gasteiger partial charge in [0.15, 0.2) is 0 Å². The van der Waals surface area contributed by atoms with Gasteiger partial charge in [0.1, 0.15) is 18.5 Å². The molecule has 2 N–H and O–H groups in total. The molecule has 5 heteroatoms. The quantitative estimate of drug-likeness (QED) is 0.421. The highest BCUT2D eigenvalue weighted by atomic mass is 16.5. The highest BCUT2D eigenvalue weighted by molar-refractivity contribution is 5.75. The van der Waals surface area contributed by atoms with E-state index in [-0.39, 0.29) is 31.0 Å². The second-order valence-corrected chi connectivity index (χ2v) is 11.4. The van der Waals surface area contributed by atoms with Crippen molar-refractivity contribution in [3.05, 3.63) is 87.5 Å². The summed E-state index contributed by atoms with van der Waals surface area (Å²) in [6.07, 6.45) is 4.36. The molecular weight excluding hydrogens is 476 g/mol. The van der Waals surface area contributed by atoms with E-state index < -0.39 is 12.1 Å². The Hall–Kier alpha value is -3.15. The molecular formula is C33H37O5-. The smallest absolute Gasteiger partial charge is 0.120 e. The van der Waals surface area contributed by atoms with E-state index in [9.17, 15) is 15.0 Å². The summed E-state index contributed by atoms with van der Waals surface area (Å²) in [5, 5.41) is 30.0. The Kier molecular flexibility index (Phi) is 7.34. The van der Waals surface area contributed by atoms with Gasteiger partial charge < -0.3 is 24.9 Å². The van der Waals surface area contributed by atoms with Crippen LogP contribution in [0.1, 0.15) is 64.1 Å². The van der Waals surface area contributed by atoms with Gasteiger partial charge in [-0.15, -0.1) is 0 Å². The standard InChI is InChI=1S/C33H38O5/c1-20-13-27(38-19-26(35)18-34)14-21(2)32(20)28-6-4-5-24(22(28)3)9-7-23-8-10-29-25(15-23)17-33(11-12-33)30(29)16-31(36)37/h4-6,8,10,13-15,26,30,34-35H,7,9,11-12,16-19H2,1-3H3,(H,36,37)/p-1/t26-,30?/m0/s1. The molecule has 0 aromatic heterocycles. The van der Waals surface area contributed by atoms with Gasteiger partial charge in [-0.2, -0.15) is 0 Å². The number of aliphatic carboxylic acids is 1. The Labute approximate surface area is 225 Å². The van der Waals surface area contributed by atoms with Crippen LogP contribution < -0.4 is 9.84 Å². The van der Waals surface area contributed by atoms with Crippen molar-refractivity contribution in [3.63, 3.8) is 0 Å². The predicted octanol–water partition coefficient (Wildman–Crippen LogP) is 4.36. The highest BCUT2D eigenvalue weighted by Crippen LogP contribution is 2.64. The van der Waals surface area contributed by atoms with Gasteiger partial charge >= 0.3 is 0 Å². The van der Waals surface area contributed by atoms with Crippen LogP contribution in [0.2, 0.25) is 0 Å². The van der Waals surface area contributed by atoms with Crippen molar-refractivity contribution in [2.45, 2.75) is 71.3 Å². The van der Waals surface area contributed by atoms with Crippen molar-refractivity contribution in [1.29, 1.82) is 0 Å². The van der Waals surface area contributed by atoms with Crippen LogP contribution in [0.3, 0.4) is 0 Å². The molecule has 2 atom stereocenters. The van der Waals surface area contributed by atoms with Crippen molar-refractivity contribution in [2.24, 2.45) is 5.41 Å². The number of ether oxygens (including phenoxy) is 1. The van der Waals surface area contributed by atoms with E-state index >= 15 is 0 Å². The maximum absolute atomic E-state index is 11.4. The molecule has 200 valence electrons. The Morgan fingerprint density at radius 3 is 2.47 bits per heavy atom. The van der Waals surface area contributed by atoms with E-state index in [1.165, 1.54) is 38.9 Å². The Morgan fingerprint density at radius 2 is 1.82 bits per heavy atom. The molecule has 1 unspecified atom stereocenters. The number of carbonyl (C=O) groups excluding carboxylic acids is 1. The summed E-state index contributed by atoms with van der Waals surface area (Å²) in [7, 11) is 0. The lowest BCUT2D eigenvalue weighted by Crippen LogP contribution is -2.26. The van der Waals surface area contributed by atoms with Gasteiger partial charge in [-0.3, -0.25) is 0 Å². The number of aliphatic hydroxyl groups excluding tert-OH is 2. The first-order chi connectivity index (χ1) is 18.2. The fourth-order valence-corrected chi connectivity index (χ4v) is 6.50. The van der Waals surface area contributed by atoms with Crippen molar-refractivity contribution in [2.75, 3.05) is 13.2 Å². The predicted molar refractivity (Wildman–Crippen MR) is 146 cm³/mol. The third kappa shape index (κ3) is 5.23. The van der Waals surface area contributed by atoms with Crippen LogP contribution in [0.25, 0.3) is 11.1 Å². The molecule has 0 heterocycles. The molecule has 5 nitrogen and oxygen atoms in total. The normalized spacial score (nSPS) is 17.9. The maximum atomic E-state index is 11.4. The topological polar surface area (TPSA) is 89.8 Å². The molecule has 0 bridgehead atoms. The zero-order valence-electron chi connectivity index (χ0n) is 22.5. The number of carboxylic acid groups (broad SMARTS) is 1. The third-order valence-electron chi connectivity index (χ3n) is 8.69. The number of aryl methyl sites for hydroxylation is 4. The largest absolute Gasteiger partial charge is 0.550 e. The average molecular weight is 514 g/mol. The summed E-state index contributed by atoms with van der Waals surface area (Å²) in [6, 6.07) is 17.2. The van der Waals surface area contributed by atoms with Crippen LogP contribution in [0, 0.1) is 26.2 Å². The summed E-state index contributed by atoms with van der Waals surface area (Å²) in [5.74, 6) is -0.142. The fraction of sp³-hybridized carbons (Fsp3) is 0.424. The minimum atomic E-state index is -0.943. The van der Waals surface area contributed by atoms with Crippen molar-refractivity contribution >= 4 is 5.97 Å². The zero-order chi connectivity index (χ0) is 27.0.